The molecular weight excluding hydrogens is 323 g/mol. The third kappa shape index (κ3) is 3.47. The zero-order valence-electron chi connectivity index (χ0n) is 10.3. The second kappa shape index (κ2) is 5.66. The zero-order chi connectivity index (χ0) is 15.6. The van der Waals surface area contributed by atoms with Crippen LogP contribution in [0.3, 0.4) is 0 Å². The highest BCUT2D eigenvalue weighted by atomic mass is 35.5. The van der Waals surface area contributed by atoms with Crippen LogP contribution < -0.4 is 4.72 Å². The quantitative estimate of drug-likeness (QED) is 0.688. The molecule has 0 fully saturated rings. The van der Waals surface area contributed by atoms with E-state index in [4.69, 9.17) is 11.6 Å². The van der Waals surface area contributed by atoms with E-state index in [0.717, 1.165) is 30.3 Å². The van der Waals surface area contributed by atoms with Crippen molar-refractivity contribution in [2.24, 2.45) is 0 Å². The van der Waals surface area contributed by atoms with Crippen LogP contribution >= 0.6 is 11.6 Å². The van der Waals surface area contributed by atoms with Gasteiger partial charge in [-0.15, -0.1) is 0 Å². The molecule has 0 aliphatic rings. The van der Waals surface area contributed by atoms with E-state index in [-0.39, 0.29) is 15.6 Å². The van der Waals surface area contributed by atoms with Gasteiger partial charge in [-0.25, -0.2) is 12.8 Å². The number of anilines is 1. The molecule has 0 spiro atoms. The molecule has 0 radical (unpaired) electrons. The van der Waals surface area contributed by atoms with Gasteiger partial charge in [-0.05, 0) is 36.4 Å². The number of sulfonamides is 1. The lowest BCUT2D eigenvalue weighted by Gasteiger charge is -2.08. The van der Waals surface area contributed by atoms with Crippen molar-refractivity contribution >= 4 is 33.0 Å². The Morgan fingerprint density at radius 1 is 1.14 bits per heavy atom. The first-order valence-corrected chi connectivity index (χ1v) is 7.38. The first-order valence-electron chi connectivity index (χ1n) is 5.52. The molecule has 0 aliphatic heterocycles. The number of benzene rings is 2. The summed E-state index contributed by atoms with van der Waals surface area (Å²) in [5.41, 5.74) is -0.439. The number of nitrogens with zero attached hydrogens (tertiary/aromatic N) is 1. The zero-order valence-corrected chi connectivity index (χ0v) is 11.9. The van der Waals surface area contributed by atoms with E-state index in [1.54, 1.807) is 0 Å². The van der Waals surface area contributed by atoms with Gasteiger partial charge in [-0.2, -0.15) is 0 Å². The first-order chi connectivity index (χ1) is 9.79. The Hall–Kier alpha value is -2.19. The van der Waals surface area contributed by atoms with Crippen molar-refractivity contribution in [1.29, 1.82) is 0 Å². The van der Waals surface area contributed by atoms with Crippen LogP contribution in [0.4, 0.5) is 15.8 Å². The van der Waals surface area contributed by atoms with Crippen molar-refractivity contribution in [2.45, 2.75) is 4.90 Å². The average molecular weight is 331 g/mol. The fourth-order valence-electron chi connectivity index (χ4n) is 1.54. The Labute approximate surface area is 124 Å². The number of nitro groups is 1. The van der Waals surface area contributed by atoms with Gasteiger partial charge in [0.2, 0.25) is 0 Å². The van der Waals surface area contributed by atoms with E-state index in [2.05, 4.69) is 4.72 Å². The number of halogens is 2. The van der Waals surface area contributed by atoms with E-state index in [9.17, 15) is 22.9 Å². The summed E-state index contributed by atoms with van der Waals surface area (Å²) in [6, 6.07) is 7.67. The van der Waals surface area contributed by atoms with Gasteiger partial charge in [0.25, 0.3) is 15.7 Å². The Morgan fingerprint density at radius 3 is 2.33 bits per heavy atom. The number of hydrogen-bond acceptors (Lipinski definition) is 4. The van der Waals surface area contributed by atoms with Gasteiger partial charge in [0.15, 0.2) is 0 Å². The van der Waals surface area contributed by atoms with Crippen LogP contribution in [0.25, 0.3) is 0 Å². The van der Waals surface area contributed by atoms with Crippen LogP contribution in [0.2, 0.25) is 5.02 Å². The van der Waals surface area contributed by atoms with Gasteiger partial charge in [0, 0.05) is 6.07 Å². The van der Waals surface area contributed by atoms with Crippen LogP contribution in [0, 0.1) is 15.9 Å². The predicted molar refractivity (Wildman–Crippen MR) is 75.3 cm³/mol. The maximum Gasteiger partial charge on any atom is 0.289 e. The lowest BCUT2D eigenvalue weighted by molar-refractivity contribution is -0.384. The summed E-state index contributed by atoms with van der Waals surface area (Å²) in [6.45, 7) is 0. The summed E-state index contributed by atoms with van der Waals surface area (Å²) in [4.78, 5) is 9.86. The highest BCUT2D eigenvalue weighted by Gasteiger charge is 2.18. The highest BCUT2D eigenvalue weighted by Crippen LogP contribution is 2.28. The van der Waals surface area contributed by atoms with Gasteiger partial charge in [-0.1, -0.05) is 11.6 Å². The molecule has 0 bridgehead atoms. The molecule has 0 heterocycles. The maximum absolute atomic E-state index is 12.8. The van der Waals surface area contributed by atoms with Crippen LogP contribution in [-0.2, 0) is 10.0 Å². The van der Waals surface area contributed by atoms with Crippen molar-refractivity contribution in [2.75, 3.05) is 4.72 Å². The molecule has 0 aromatic heterocycles. The Balaban J connectivity index is 2.35. The minimum Gasteiger partial charge on any atom is -0.279 e. The first kappa shape index (κ1) is 15.2. The largest absolute Gasteiger partial charge is 0.289 e. The summed E-state index contributed by atoms with van der Waals surface area (Å²) in [5.74, 6) is -0.573. The molecule has 2 aromatic carbocycles. The number of hydrogen-bond donors (Lipinski definition) is 1. The van der Waals surface area contributed by atoms with Crippen LogP contribution in [0.1, 0.15) is 0 Å². The van der Waals surface area contributed by atoms with Crippen LogP contribution in [0.15, 0.2) is 47.4 Å². The van der Waals surface area contributed by atoms with Gasteiger partial charge in [0.05, 0.1) is 15.5 Å². The smallest absolute Gasteiger partial charge is 0.279 e. The third-order valence-corrected chi connectivity index (χ3v) is 4.24. The van der Waals surface area contributed by atoms with Gasteiger partial charge >= 0.3 is 0 Å². The number of nitrogens with one attached hydrogen (secondary N) is 1. The normalized spacial score (nSPS) is 11.1. The van der Waals surface area contributed by atoms with Gasteiger partial charge in [-0.3, -0.25) is 14.8 Å². The Bertz CT molecular complexity index is 793. The lowest BCUT2D eigenvalue weighted by atomic mass is 10.3. The second-order valence-corrected chi connectivity index (χ2v) is 6.07. The van der Waals surface area contributed by atoms with E-state index >= 15 is 0 Å². The molecule has 2 aromatic rings. The molecule has 0 unspecified atom stereocenters. The predicted octanol–water partition coefficient (Wildman–Crippen LogP) is 3.19. The standard InChI is InChI=1S/C12H8ClFN2O4S/c13-11-6-3-9(7-12(11)16(17)18)15-21(19,20)10-4-1-8(14)2-5-10/h1-7,15H. The van der Waals surface area contributed by atoms with Gasteiger partial charge < -0.3 is 0 Å². The maximum atomic E-state index is 12.8. The molecule has 0 saturated carbocycles. The van der Waals surface area contributed by atoms with E-state index in [1.165, 1.54) is 12.1 Å². The summed E-state index contributed by atoms with van der Waals surface area (Å²) >= 11 is 5.64. The minimum absolute atomic E-state index is 0.0181. The van der Waals surface area contributed by atoms with E-state index < -0.39 is 26.5 Å². The molecule has 0 atom stereocenters. The molecule has 0 aliphatic carbocycles. The number of nitro benzene ring substituents is 1. The Morgan fingerprint density at radius 2 is 1.76 bits per heavy atom. The topological polar surface area (TPSA) is 89.3 Å². The summed E-state index contributed by atoms with van der Waals surface area (Å²) < 4.78 is 39.0. The van der Waals surface area contributed by atoms with Gasteiger partial charge in [0.1, 0.15) is 10.8 Å². The molecule has 110 valence electrons. The molecule has 6 nitrogen and oxygen atoms in total. The van der Waals surface area contributed by atoms with E-state index in [1.807, 2.05) is 0 Å². The third-order valence-electron chi connectivity index (χ3n) is 2.52. The van der Waals surface area contributed by atoms with Crippen molar-refractivity contribution in [3.05, 3.63) is 63.4 Å². The fourth-order valence-corrected chi connectivity index (χ4v) is 2.78. The second-order valence-electron chi connectivity index (χ2n) is 3.98. The van der Waals surface area contributed by atoms with Crippen molar-refractivity contribution in [3.63, 3.8) is 0 Å². The Kier molecular flexibility index (Phi) is 4.10. The lowest BCUT2D eigenvalue weighted by Crippen LogP contribution is -2.13. The summed E-state index contributed by atoms with van der Waals surface area (Å²) in [7, 11) is -3.97. The average Bonchev–Trinajstić information content (AvgIpc) is 2.41. The molecular formula is C12H8ClFN2O4S. The molecule has 1 N–H and O–H groups in total. The van der Waals surface area contributed by atoms with E-state index in [0.29, 0.717) is 0 Å². The summed E-state index contributed by atoms with van der Waals surface area (Å²) in [6.07, 6.45) is 0. The molecule has 2 rings (SSSR count). The van der Waals surface area contributed by atoms with Crippen molar-refractivity contribution in [1.82, 2.24) is 0 Å². The molecule has 0 amide bonds. The molecule has 0 saturated heterocycles. The number of rotatable bonds is 4. The molecule has 9 heteroatoms. The fraction of sp³-hybridized carbons (Fsp3) is 0. The van der Waals surface area contributed by atoms with Crippen molar-refractivity contribution < 1.29 is 17.7 Å². The summed E-state index contributed by atoms with van der Waals surface area (Å²) in [5, 5.41) is 10.6. The monoisotopic (exact) mass is 330 g/mol. The molecule has 21 heavy (non-hydrogen) atoms. The van der Waals surface area contributed by atoms with Crippen LogP contribution in [-0.4, -0.2) is 13.3 Å². The highest BCUT2D eigenvalue weighted by molar-refractivity contribution is 7.92. The van der Waals surface area contributed by atoms with Crippen molar-refractivity contribution in [3.8, 4) is 0 Å². The van der Waals surface area contributed by atoms with Crippen LogP contribution in [0.5, 0.6) is 0 Å². The minimum atomic E-state index is -3.97. The SMILES string of the molecule is O=[N+]([O-])c1cc(NS(=O)(=O)c2ccc(F)cc2)ccc1Cl.